The topological polar surface area (TPSA) is 69.0 Å². The van der Waals surface area contributed by atoms with Crippen LogP contribution in [0.25, 0.3) is 5.95 Å². The van der Waals surface area contributed by atoms with E-state index in [2.05, 4.69) is 24.8 Å². The molecule has 2 aromatic rings. The maximum atomic E-state index is 6.02. The van der Waals surface area contributed by atoms with Crippen LogP contribution in [0.2, 0.25) is 5.28 Å². The minimum absolute atomic E-state index is 0.197. The second kappa shape index (κ2) is 6.36. The van der Waals surface area contributed by atoms with Gasteiger partial charge in [0.1, 0.15) is 6.33 Å². The predicted octanol–water partition coefficient (Wildman–Crippen LogP) is 1.57. The molecule has 2 aromatic heterocycles. The molecule has 0 atom stereocenters. The van der Waals surface area contributed by atoms with Crippen molar-refractivity contribution in [1.82, 2.24) is 24.5 Å². The molecule has 0 aromatic carbocycles. The Kier molecular flexibility index (Phi) is 4.31. The van der Waals surface area contributed by atoms with Gasteiger partial charge in [-0.15, -0.1) is 0 Å². The molecule has 0 aliphatic carbocycles. The first-order valence-electron chi connectivity index (χ1n) is 6.90. The summed E-state index contributed by atoms with van der Waals surface area (Å²) in [7, 11) is 1.75. The third kappa shape index (κ3) is 3.30. The van der Waals surface area contributed by atoms with Crippen molar-refractivity contribution in [1.29, 1.82) is 0 Å². The fraction of sp³-hybridized carbons (Fsp3) is 0.538. The van der Waals surface area contributed by atoms with Crippen molar-refractivity contribution in [2.75, 3.05) is 31.7 Å². The zero-order valence-corrected chi connectivity index (χ0v) is 12.6. The van der Waals surface area contributed by atoms with Gasteiger partial charge in [0.2, 0.25) is 17.2 Å². The molecule has 7 nitrogen and oxygen atoms in total. The summed E-state index contributed by atoms with van der Waals surface area (Å²) >= 11 is 6.02. The van der Waals surface area contributed by atoms with Crippen LogP contribution in [-0.4, -0.2) is 51.3 Å². The summed E-state index contributed by atoms with van der Waals surface area (Å²) in [6, 6.07) is 0. The van der Waals surface area contributed by atoms with E-state index >= 15 is 0 Å². The molecule has 1 aliphatic rings. The highest BCUT2D eigenvalue weighted by molar-refractivity contribution is 6.28. The molecule has 0 bridgehead atoms. The Bertz CT molecular complexity index is 582. The normalized spacial score (nSPS) is 16.4. The third-order valence-electron chi connectivity index (χ3n) is 3.62. The van der Waals surface area contributed by atoms with Crippen molar-refractivity contribution in [3.63, 3.8) is 0 Å². The van der Waals surface area contributed by atoms with Gasteiger partial charge in [-0.05, 0) is 30.4 Å². The van der Waals surface area contributed by atoms with E-state index in [0.717, 1.165) is 32.5 Å². The molecule has 0 radical (unpaired) electrons. The SMILES string of the molecule is COCC1CCN(c2nc(Cl)nc(-n3ccnc3)n2)CC1. The quantitative estimate of drug-likeness (QED) is 0.854. The van der Waals surface area contributed by atoms with Crippen LogP contribution in [0.4, 0.5) is 5.95 Å². The van der Waals surface area contributed by atoms with Gasteiger partial charge in [-0.3, -0.25) is 4.57 Å². The van der Waals surface area contributed by atoms with Gasteiger partial charge in [0.15, 0.2) is 0 Å². The molecule has 0 spiro atoms. The number of ether oxygens (including phenoxy) is 1. The fourth-order valence-electron chi connectivity index (χ4n) is 2.50. The first kappa shape index (κ1) is 14.2. The second-order valence-electron chi connectivity index (χ2n) is 5.06. The van der Waals surface area contributed by atoms with Gasteiger partial charge >= 0.3 is 0 Å². The van der Waals surface area contributed by atoms with E-state index < -0.39 is 0 Å². The Morgan fingerprint density at radius 3 is 2.67 bits per heavy atom. The summed E-state index contributed by atoms with van der Waals surface area (Å²) < 4.78 is 6.94. The molecular weight excluding hydrogens is 292 g/mol. The van der Waals surface area contributed by atoms with E-state index in [1.807, 2.05) is 0 Å². The van der Waals surface area contributed by atoms with Gasteiger partial charge in [0.25, 0.3) is 0 Å². The highest BCUT2D eigenvalue weighted by Gasteiger charge is 2.22. The van der Waals surface area contributed by atoms with Crippen molar-refractivity contribution < 1.29 is 4.74 Å². The lowest BCUT2D eigenvalue weighted by Crippen LogP contribution is -2.36. The van der Waals surface area contributed by atoms with E-state index in [9.17, 15) is 0 Å². The van der Waals surface area contributed by atoms with E-state index in [4.69, 9.17) is 16.3 Å². The van der Waals surface area contributed by atoms with Crippen molar-refractivity contribution in [2.45, 2.75) is 12.8 Å². The van der Waals surface area contributed by atoms with E-state index in [-0.39, 0.29) is 5.28 Å². The van der Waals surface area contributed by atoms with Crippen LogP contribution in [0, 0.1) is 5.92 Å². The number of halogens is 1. The molecule has 0 saturated carbocycles. The minimum Gasteiger partial charge on any atom is -0.384 e. The predicted molar refractivity (Wildman–Crippen MR) is 78.8 cm³/mol. The minimum atomic E-state index is 0.197. The van der Waals surface area contributed by atoms with Crippen LogP contribution >= 0.6 is 11.6 Å². The monoisotopic (exact) mass is 308 g/mol. The molecule has 0 N–H and O–H groups in total. The Labute approximate surface area is 128 Å². The molecule has 0 unspecified atom stereocenters. The van der Waals surface area contributed by atoms with Gasteiger partial charge < -0.3 is 9.64 Å². The number of aromatic nitrogens is 5. The average Bonchev–Trinajstić information content (AvgIpc) is 3.02. The number of rotatable bonds is 4. The Hall–Kier alpha value is -1.73. The van der Waals surface area contributed by atoms with Crippen molar-refractivity contribution >= 4 is 17.5 Å². The maximum Gasteiger partial charge on any atom is 0.241 e. The Morgan fingerprint density at radius 2 is 2.00 bits per heavy atom. The van der Waals surface area contributed by atoms with Gasteiger partial charge in [-0.25, -0.2) is 4.98 Å². The Morgan fingerprint density at radius 1 is 1.24 bits per heavy atom. The van der Waals surface area contributed by atoms with E-state index in [0.29, 0.717) is 17.8 Å². The fourth-order valence-corrected chi connectivity index (χ4v) is 2.65. The summed E-state index contributed by atoms with van der Waals surface area (Å²) in [4.78, 5) is 19.0. The van der Waals surface area contributed by atoms with Crippen LogP contribution in [0.3, 0.4) is 0 Å². The number of hydrogen-bond donors (Lipinski definition) is 0. The number of hydrogen-bond acceptors (Lipinski definition) is 6. The van der Waals surface area contributed by atoms with Crippen LogP contribution in [-0.2, 0) is 4.74 Å². The van der Waals surface area contributed by atoms with Crippen LogP contribution in [0.15, 0.2) is 18.7 Å². The van der Waals surface area contributed by atoms with Crippen molar-refractivity contribution in [3.05, 3.63) is 24.0 Å². The summed E-state index contributed by atoms with van der Waals surface area (Å²) in [6.07, 6.45) is 7.23. The zero-order valence-electron chi connectivity index (χ0n) is 11.8. The van der Waals surface area contributed by atoms with Gasteiger partial charge in [0.05, 0.1) is 0 Å². The molecule has 3 rings (SSSR count). The van der Waals surface area contributed by atoms with Gasteiger partial charge in [-0.1, -0.05) is 0 Å². The average molecular weight is 309 g/mol. The molecule has 1 saturated heterocycles. The van der Waals surface area contributed by atoms with Gasteiger partial charge in [0, 0.05) is 39.2 Å². The smallest absolute Gasteiger partial charge is 0.241 e. The molecule has 8 heteroatoms. The number of anilines is 1. The molecule has 112 valence electrons. The zero-order chi connectivity index (χ0) is 14.7. The Balaban J connectivity index is 1.77. The lowest BCUT2D eigenvalue weighted by Gasteiger charge is -2.31. The van der Waals surface area contributed by atoms with Crippen LogP contribution in [0.5, 0.6) is 0 Å². The summed E-state index contributed by atoms with van der Waals surface area (Å²) in [6.45, 7) is 2.61. The number of imidazole rings is 1. The van der Waals surface area contributed by atoms with Crippen LogP contribution in [0.1, 0.15) is 12.8 Å². The summed E-state index contributed by atoms with van der Waals surface area (Å²) in [5, 5.41) is 0.197. The van der Waals surface area contributed by atoms with E-state index in [1.165, 1.54) is 0 Å². The largest absolute Gasteiger partial charge is 0.384 e. The van der Waals surface area contributed by atoms with Crippen LogP contribution < -0.4 is 4.90 Å². The summed E-state index contributed by atoms with van der Waals surface area (Å²) in [5.41, 5.74) is 0. The number of methoxy groups -OCH3 is 1. The first-order valence-corrected chi connectivity index (χ1v) is 7.28. The van der Waals surface area contributed by atoms with Crippen molar-refractivity contribution in [3.8, 4) is 5.95 Å². The highest BCUT2D eigenvalue weighted by Crippen LogP contribution is 2.22. The first-order chi connectivity index (χ1) is 10.3. The number of piperidine rings is 1. The number of nitrogens with zero attached hydrogens (tertiary/aromatic N) is 6. The maximum absolute atomic E-state index is 6.02. The standard InChI is InChI=1S/C13H17ClN6O/c1-21-8-10-2-5-19(6-3-10)12-16-11(14)17-13(18-12)20-7-4-15-9-20/h4,7,9-10H,2-3,5-6,8H2,1H3. The molecule has 0 amide bonds. The highest BCUT2D eigenvalue weighted by atomic mass is 35.5. The summed E-state index contributed by atoms with van der Waals surface area (Å²) in [5.74, 6) is 1.72. The lowest BCUT2D eigenvalue weighted by atomic mass is 9.98. The lowest BCUT2D eigenvalue weighted by molar-refractivity contribution is 0.139. The van der Waals surface area contributed by atoms with Crippen molar-refractivity contribution in [2.24, 2.45) is 5.92 Å². The molecule has 1 fully saturated rings. The molecule has 3 heterocycles. The molecular formula is C13H17ClN6O. The van der Waals surface area contributed by atoms with E-state index in [1.54, 1.807) is 30.4 Å². The van der Waals surface area contributed by atoms with Gasteiger partial charge in [-0.2, -0.15) is 15.0 Å². The molecule has 21 heavy (non-hydrogen) atoms. The molecule has 1 aliphatic heterocycles. The second-order valence-corrected chi connectivity index (χ2v) is 5.40. The third-order valence-corrected chi connectivity index (χ3v) is 3.79.